The lowest BCUT2D eigenvalue weighted by molar-refractivity contribution is -0.151. The van der Waals surface area contributed by atoms with Gasteiger partial charge in [0.25, 0.3) is 5.89 Å². The molecule has 1 fully saturated rings. The van der Waals surface area contributed by atoms with Crippen LogP contribution in [0.15, 0.2) is 57.9 Å². The fourth-order valence-electron chi connectivity index (χ4n) is 3.42. The van der Waals surface area contributed by atoms with Crippen LogP contribution in [0.3, 0.4) is 0 Å². The number of nitrogens with zero attached hydrogens (tertiary/aromatic N) is 3. The van der Waals surface area contributed by atoms with Crippen LogP contribution < -0.4 is 0 Å². The SMILES string of the molecule is O=C(OCc1noc(-c2ccccc2Cl)n1)C1CCCN(S(=O)(=O)c2ccc(F)cc2)C1. The Morgan fingerprint density at radius 3 is 2.72 bits per heavy atom. The number of sulfonamides is 1. The average molecular weight is 480 g/mol. The van der Waals surface area contributed by atoms with Crippen LogP contribution in [0.2, 0.25) is 5.02 Å². The van der Waals surface area contributed by atoms with Crippen molar-refractivity contribution in [3.8, 4) is 11.5 Å². The Kier molecular flexibility index (Phi) is 6.54. The van der Waals surface area contributed by atoms with Gasteiger partial charge in [-0.15, -0.1) is 0 Å². The van der Waals surface area contributed by atoms with E-state index in [2.05, 4.69) is 10.1 Å². The Bertz CT molecular complexity index is 1220. The second kappa shape index (κ2) is 9.35. The van der Waals surface area contributed by atoms with Crippen LogP contribution in [0.4, 0.5) is 4.39 Å². The van der Waals surface area contributed by atoms with Crippen molar-refractivity contribution >= 4 is 27.6 Å². The van der Waals surface area contributed by atoms with E-state index in [-0.39, 0.29) is 36.3 Å². The van der Waals surface area contributed by atoms with E-state index in [1.807, 2.05) is 0 Å². The number of ether oxygens (including phenoxy) is 1. The van der Waals surface area contributed by atoms with Gasteiger partial charge in [-0.1, -0.05) is 28.9 Å². The molecule has 0 aliphatic carbocycles. The van der Waals surface area contributed by atoms with Crippen molar-refractivity contribution in [1.29, 1.82) is 0 Å². The molecule has 1 unspecified atom stereocenters. The third kappa shape index (κ3) is 4.82. The molecule has 32 heavy (non-hydrogen) atoms. The van der Waals surface area contributed by atoms with Crippen LogP contribution in [0.25, 0.3) is 11.5 Å². The molecule has 11 heteroatoms. The molecule has 168 valence electrons. The number of benzene rings is 2. The first-order valence-corrected chi connectivity index (χ1v) is 11.7. The van der Waals surface area contributed by atoms with E-state index < -0.39 is 27.7 Å². The zero-order valence-corrected chi connectivity index (χ0v) is 18.4. The standard InChI is InChI=1S/C21H19ClFN3O5S/c22-18-6-2-1-5-17(18)20-24-19(25-31-20)13-30-21(27)14-4-3-11-26(12-14)32(28,29)16-9-7-15(23)8-10-16/h1-2,5-10,14H,3-4,11-13H2. The van der Waals surface area contributed by atoms with Crippen molar-refractivity contribution < 1.29 is 26.9 Å². The summed E-state index contributed by atoms with van der Waals surface area (Å²) >= 11 is 6.11. The number of esters is 1. The van der Waals surface area contributed by atoms with E-state index >= 15 is 0 Å². The molecule has 1 aliphatic heterocycles. The molecular formula is C21H19ClFN3O5S. The average Bonchev–Trinajstić information content (AvgIpc) is 3.27. The molecule has 8 nitrogen and oxygen atoms in total. The van der Waals surface area contributed by atoms with Gasteiger partial charge >= 0.3 is 5.97 Å². The Morgan fingerprint density at radius 2 is 1.97 bits per heavy atom. The lowest BCUT2D eigenvalue weighted by Gasteiger charge is -2.30. The highest BCUT2D eigenvalue weighted by Gasteiger charge is 2.34. The summed E-state index contributed by atoms with van der Waals surface area (Å²) in [6.45, 7) is 0.0409. The van der Waals surface area contributed by atoms with Gasteiger partial charge in [0.1, 0.15) is 5.82 Å². The van der Waals surface area contributed by atoms with Crippen molar-refractivity contribution in [1.82, 2.24) is 14.4 Å². The molecular weight excluding hydrogens is 461 g/mol. The van der Waals surface area contributed by atoms with Gasteiger partial charge < -0.3 is 9.26 Å². The molecule has 0 N–H and O–H groups in total. The van der Waals surface area contributed by atoms with E-state index in [4.69, 9.17) is 20.9 Å². The predicted molar refractivity (Wildman–Crippen MR) is 112 cm³/mol. The number of carbonyl (C=O) groups excluding carboxylic acids is 1. The van der Waals surface area contributed by atoms with Crippen LogP contribution in [-0.2, 0) is 26.2 Å². The number of piperidine rings is 1. The lowest BCUT2D eigenvalue weighted by Crippen LogP contribution is -2.42. The molecule has 3 aromatic rings. The second-order valence-corrected chi connectivity index (χ2v) is 9.60. The van der Waals surface area contributed by atoms with Crippen LogP contribution in [0.1, 0.15) is 18.7 Å². The highest BCUT2D eigenvalue weighted by atomic mass is 35.5. The monoisotopic (exact) mass is 479 g/mol. The van der Waals surface area contributed by atoms with Crippen molar-refractivity contribution in [3.63, 3.8) is 0 Å². The number of aromatic nitrogens is 2. The minimum atomic E-state index is -3.84. The minimum Gasteiger partial charge on any atom is -0.457 e. The topological polar surface area (TPSA) is 103 Å². The summed E-state index contributed by atoms with van der Waals surface area (Å²) in [6, 6.07) is 11.6. The van der Waals surface area contributed by atoms with E-state index in [1.165, 1.54) is 16.4 Å². The van der Waals surface area contributed by atoms with Crippen LogP contribution in [0.5, 0.6) is 0 Å². The van der Waals surface area contributed by atoms with Crippen LogP contribution in [0, 0.1) is 11.7 Å². The smallest absolute Gasteiger partial charge is 0.310 e. The van der Waals surface area contributed by atoms with Crippen molar-refractivity contribution in [3.05, 3.63) is 65.2 Å². The summed E-state index contributed by atoms with van der Waals surface area (Å²) < 4.78 is 50.5. The molecule has 2 heterocycles. The molecule has 1 saturated heterocycles. The Morgan fingerprint density at radius 1 is 1.22 bits per heavy atom. The number of hydrogen-bond acceptors (Lipinski definition) is 7. The zero-order chi connectivity index (χ0) is 22.7. The fourth-order valence-corrected chi connectivity index (χ4v) is 5.16. The van der Waals surface area contributed by atoms with E-state index in [1.54, 1.807) is 24.3 Å². The molecule has 0 spiro atoms. The first-order chi connectivity index (χ1) is 15.3. The number of hydrogen-bond donors (Lipinski definition) is 0. The van der Waals surface area contributed by atoms with E-state index in [0.717, 1.165) is 12.1 Å². The molecule has 2 aromatic carbocycles. The van der Waals surface area contributed by atoms with E-state index in [9.17, 15) is 17.6 Å². The van der Waals surface area contributed by atoms with Gasteiger partial charge in [0.05, 0.1) is 21.4 Å². The maximum atomic E-state index is 13.1. The number of carbonyl (C=O) groups is 1. The summed E-state index contributed by atoms with van der Waals surface area (Å²) in [7, 11) is -3.84. The molecule has 1 aromatic heterocycles. The van der Waals surface area contributed by atoms with Gasteiger partial charge in [-0.3, -0.25) is 4.79 Å². The highest BCUT2D eigenvalue weighted by Crippen LogP contribution is 2.27. The quantitative estimate of drug-likeness (QED) is 0.497. The summed E-state index contributed by atoms with van der Waals surface area (Å²) in [5, 5.41) is 4.24. The fraction of sp³-hybridized carbons (Fsp3) is 0.286. The summed E-state index contributed by atoms with van der Waals surface area (Å²) in [5.41, 5.74) is 0.563. The molecule has 0 bridgehead atoms. The van der Waals surface area contributed by atoms with Gasteiger partial charge in [-0.2, -0.15) is 9.29 Å². The third-order valence-corrected chi connectivity index (χ3v) is 7.29. The highest BCUT2D eigenvalue weighted by molar-refractivity contribution is 7.89. The molecule has 1 atom stereocenters. The molecule has 0 radical (unpaired) electrons. The Balaban J connectivity index is 1.38. The van der Waals surface area contributed by atoms with Gasteiger partial charge in [-0.05, 0) is 49.2 Å². The second-order valence-electron chi connectivity index (χ2n) is 7.26. The van der Waals surface area contributed by atoms with Gasteiger partial charge in [-0.25, -0.2) is 12.8 Å². The van der Waals surface area contributed by atoms with Crippen molar-refractivity contribution in [2.24, 2.45) is 5.92 Å². The van der Waals surface area contributed by atoms with Crippen molar-refractivity contribution in [2.75, 3.05) is 13.1 Å². The molecule has 0 amide bonds. The largest absolute Gasteiger partial charge is 0.457 e. The molecule has 1 aliphatic rings. The summed E-state index contributed by atoms with van der Waals surface area (Å²) in [5.74, 6) is -1.33. The number of rotatable bonds is 6. The maximum Gasteiger partial charge on any atom is 0.310 e. The van der Waals surface area contributed by atoms with Gasteiger partial charge in [0.15, 0.2) is 6.61 Å². The zero-order valence-electron chi connectivity index (χ0n) is 16.8. The third-order valence-electron chi connectivity index (χ3n) is 5.08. The maximum absolute atomic E-state index is 13.1. The van der Waals surface area contributed by atoms with E-state index in [0.29, 0.717) is 23.4 Å². The minimum absolute atomic E-state index is 0.0182. The summed E-state index contributed by atoms with van der Waals surface area (Å²) in [6.07, 6.45) is 0.991. The first kappa shape index (κ1) is 22.4. The first-order valence-electron chi connectivity index (χ1n) is 9.84. The predicted octanol–water partition coefficient (Wildman–Crippen LogP) is 3.67. The number of halogens is 2. The van der Waals surface area contributed by atoms with Crippen LogP contribution in [-0.4, -0.2) is 41.9 Å². The Hall–Kier alpha value is -2.82. The van der Waals surface area contributed by atoms with Crippen LogP contribution >= 0.6 is 11.6 Å². The Labute approximate surface area is 189 Å². The molecule has 4 rings (SSSR count). The van der Waals surface area contributed by atoms with Gasteiger partial charge in [0, 0.05) is 13.1 Å². The lowest BCUT2D eigenvalue weighted by atomic mass is 10.0. The summed E-state index contributed by atoms with van der Waals surface area (Å²) in [4.78, 5) is 16.7. The normalized spacial score (nSPS) is 17.2. The van der Waals surface area contributed by atoms with Gasteiger partial charge in [0.2, 0.25) is 15.8 Å². The molecule has 0 saturated carbocycles. The van der Waals surface area contributed by atoms with Crippen molar-refractivity contribution in [2.45, 2.75) is 24.3 Å².